The fraction of sp³-hybridized carbons (Fsp3) is 0.818. The molecule has 0 heterocycles. The number of nitrogens with zero attached hydrogens (tertiary/aromatic N) is 1. The van der Waals surface area contributed by atoms with Gasteiger partial charge in [0.2, 0.25) is 0 Å². The van der Waals surface area contributed by atoms with E-state index in [1.165, 1.54) is 25.3 Å². The fourth-order valence-electron chi connectivity index (χ4n) is 3.17. The number of carboxylic acid groups (broad SMARTS) is 1. The highest BCUT2D eigenvalue weighted by atomic mass is 16.6. The van der Waals surface area contributed by atoms with E-state index in [4.69, 9.17) is 20.8 Å². The van der Waals surface area contributed by atoms with Gasteiger partial charge in [0.25, 0.3) is 0 Å². The van der Waals surface area contributed by atoms with Gasteiger partial charge in [0.1, 0.15) is 25.4 Å². The van der Waals surface area contributed by atoms with Gasteiger partial charge in [0.05, 0.1) is 12.3 Å². The van der Waals surface area contributed by atoms with Gasteiger partial charge in [0.15, 0.2) is 5.54 Å². The lowest BCUT2D eigenvalue weighted by Gasteiger charge is -2.32. The van der Waals surface area contributed by atoms with Crippen LogP contribution >= 0.6 is 0 Å². The molecule has 7 N–H and O–H groups in total. The van der Waals surface area contributed by atoms with Crippen LogP contribution < -0.4 is 5.73 Å². The molecule has 0 fully saturated rings. The van der Waals surface area contributed by atoms with Gasteiger partial charge >= 0.3 is 5.97 Å². The zero-order valence-electron chi connectivity index (χ0n) is 18.9. The van der Waals surface area contributed by atoms with Crippen molar-refractivity contribution in [3.63, 3.8) is 0 Å². The molecule has 9 nitrogen and oxygen atoms in total. The van der Waals surface area contributed by atoms with Gasteiger partial charge in [0, 0.05) is 0 Å². The zero-order chi connectivity index (χ0) is 23.7. The number of unbranched alkanes of at least 4 members (excludes halogenated alkanes) is 7. The highest BCUT2D eigenvalue weighted by Gasteiger charge is 2.46. The summed E-state index contributed by atoms with van der Waals surface area (Å²) in [5.74, 6) is -1.67. The quantitative estimate of drug-likeness (QED) is 0.0755. The number of aliphatic hydroxyl groups is 4. The van der Waals surface area contributed by atoms with E-state index in [-0.39, 0.29) is 0 Å². The molecule has 0 aliphatic heterocycles. The molecule has 0 bridgehead atoms. The van der Waals surface area contributed by atoms with Crippen molar-refractivity contribution in [2.75, 3.05) is 13.7 Å². The van der Waals surface area contributed by atoms with Crippen LogP contribution in [0.15, 0.2) is 17.3 Å². The number of aliphatic carboxylic acids is 1. The summed E-state index contributed by atoms with van der Waals surface area (Å²) in [5, 5.41) is 52.0. The third-order valence-corrected chi connectivity index (χ3v) is 5.32. The number of oxime groups is 1. The van der Waals surface area contributed by atoms with Crippen molar-refractivity contribution >= 4 is 11.7 Å². The van der Waals surface area contributed by atoms with E-state index in [9.17, 15) is 20.1 Å². The molecule has 4 atom stereocenters. The molecule has 0 aromatic heterocycles. The van der Waals surface area contributed by atoms with Crippen LogP contribution in [0.4, 0.5) is 0 Å². The Balaban J connectivity index is 4.15. The molecular formula is C22H42N2O7. The topological polar surface area (TPSA) is 166 Å². The Morgan fingerprint density at radius 2 is 1.65 bits per heavy atom. The Labute approximate surface area is 185 Å². The van der Waals surface area contributed by atoms with Gasteiger partial charge in [-0.2, -0.15) is 0 Å². The molecule has 0 aliphatic rings. The van der Waals surface area contributed by atoms with Crippen LogP contribution in [-0.2, 0) is 9.63 Å². The van der Waals surface area contributed by atoms with E-state index in [0.29, 0.717) is 6.42 Å². The summed E-state index contributed by atoms with van der Waals surface area (Å²) in [6.07, 6.45) is 8.95. The van der Waals surface area contributed by atoms with E-state index < -0.39 is 36.4 Å². The van der Waals surface area contributed by atoms with Gasteiger partial charge in [-0.25, -0.2) is 0 Å². The molecule has 0 aromatic carbocycles. The molecule has 182 valence electrons. The highest BCUT2D eigenvalue weighted by molar-refractivity contribution is 5.83. The first-order valence-corrected chi connectivity index (χ1v) is 11.2. The van der Waals surface area contributed by atoms with E-state index in [1.54, 1.807) is 13.2 Å². The van der Waals surface area contributed by atoms with Gasteiger partial charge in [-0.15, -0.1) is 0 Å². The number of allylic oxidation sites excluding steroid dienone is 1. The van der Waals surface area contributed by atoms with Crippen molar-refractivity contribution in [3.8, 4) is 0 Å². The number of carboxylic acids is 1. The maximum absolute atomic E-state index is 11.1. The molecule has 0 radical (unpaired) electrons. The molecule has 0 aromatic rings. The summed E-state index contributed by atoms with van der Waals surface area (Å²) in [6, 6.07) is 0. The van der Waals surface area contributed by atoms with Crippen molar-refractivity contribution in [2.24, 2.45) is 10.9 Å². The van der Waals surface area contributed by atoms with E-state index in [1.807, 2.05) is 0 Å². The third-order valence-electron chi connectivity index (χ3n) is 5.32. The SMILES string of the molecule is CCCCCC/C(CCCCCC/C=C/C(O)C(O)C(O)C(N)(CO)C(=O)O)=N/OC. The fourth-order valence-corrected chi connectivity index (χ4v) is 3.17. The van der Waals surface area contributed by atoms with E-state index in [0.717, 1.165) is 50.7 Å². The van der Waals surface area contributed by atoms with Crippen LogP contribution in [-0.4, -0.2) is 74.8 Å². The van der Waals surface area contributed by atoms with Crippen molar-refractivity contribution < 1.29 is 35.2 Å². The lowest BCUT2D eigenvalue weighted by Crippen LogP contribution is -2.65. The predicted molar refractivity (Wildman–Crippen MR) is 120 cm³/mol. The van der Waals surface area contributed by atoms with Gasteiger partial charge < -0.3 is 36.1 Å². The van der Waals surface area contributed by atoms with Crippen LogP contribution in [0.2, 0.25) is 0 Å². The normalized spacial score (nSPS) is 17.3. The second-order valence-electron chi connectivity index (χ2n) is 7.96. The average molecular weight is 447 g/mol. The smallest absolute Gasteiger partial charge is 0.328 e. The minimum atomic E-state index is -2.45. The molecule has 0 amide bonds. The Morgan fingerprint density at radius 1 is 1.06 bits per heavy atom. The van der Waals surface area contributed by atoms with Crippen LogP contribution in [0.25, 0.3) is 0 Å². The van der Waals surface area contributed by atoms with Gasteiger partial charge in [-0.1, -0.05) is 56.3 Å². The van der Waals surface area contributed by atoms with Crippen LogP contribution in [0.1, 0.15) is 77.6 Å². The summed E-state index contributed by atoms with van der Waals surface area (Å²) < 4.78 is 0. The van der Waals surface area contributed by atoms with Gasteiger partial charge in [-0.3, -0.25) is 4.79 Å². The summed E-state index contributed by atoms with van der Waals surface area (Å²) in [7, 11) is 1.57. The van der Waals surface area contributed by atoms with Crippen molar-refractivity contribution in [1.82, 2.24) is 0 Å². The molecule has 0 saturated heterocycles. The molecule has 4 unspecified atom stereocenters. The van der Waals surface area contributed by atoms with Crippen molar-refractivity contribution in [2.45, 2.75) is 101 Å². The number of hydrogen-bond acceptors (Lipinski definition) is 8. The van der Waals surface area contributed by atoms with E-state index in [2.05, 4.69) is 12.1 Å². The molecular weight excluding hydrogens is 404 g/mol. The standard InChI is InChI=1S/C22H42N2O7/c1-3-4-5-10-13-17(24-31-2)14-11-8-6-7-9-12-15-18(26)19(27)20(28)22(23,16-25)21(29)30/h12,15,18-20,25-28H,3-11,13-14,16,23H2,1-2H3,(H,29,30)/b15-12+,24-17-. The average Bonchev–Trinajstić information content (AvgIpc) is 2.76. The second kappa shape index (κ2) is 17.1. The second-order valence-corrected chi connectivity index (χ2v) is 7.96. The number of hydrogen-bond donors (Lipinski definition) is 6. The van der Waals surface area contributed by atoms with Gasteiger partial charge in [-0.05, 0) is 38.5 Å². The number of nitrogens with two attached hydrogens (primary N) is 1. The minimum absolute atomic E-state index is 0.669. The lowest BCUT2D eigenvalue weighted by atomic mass is 9.88. The molecule has 0 spiro atoms. The first kappa shape index (κ1) is 29.5. The summed E-state index contributed by atoms with van der Waals surface area (Å²) in [4.78, 5) is 16.0. The summed E-state index contributed by atoms with van der Waals surface area (Å²) in [6.45, 7) is 1.11. The molecule has 9 heteroatoms. The first-order valence-electron chi connectivity index (χ1n) is 11.2. The monoisotopic (exact) mass is 446 g/mol. The highest BCUT2D eigenvalue weighted by Crippen LogP contribution is 2.15. The van der Waals surface area contributed by atoms with Crippen LogP contribution in [0.3, 0.4) is 0 Å². The van der Waals surface area contributed by atoms with Crippen molar-refractivity contribution in [1.29, 1.82) is 0 Å². The zero-order valence-corrected chi connectivity index (χ0v) is 18.9. The van der Waals surface area contributed by atoms with Crippen molar-refractivity contribution in [3.05, 3.63) is 12.2 Å². The maximum Gasteiger partial charge on any atom is 0.328 e. The van der Waals surface area contributed by atoms with Crippen LogP contribution in [0.5, 0.6) is 0 Å². The Morgan fingerprint density at radius 3 is 2.16 bits per heavy atom. The Kier molecular flexibility index (Phi) is 16.2. The molecule has 0 saturated carbocycles. The Bertz CT molecular complexity index is 542. The lowest BCUT2D eigenvalue weighted by molar-refractivity contribution is -0.158. The molecule has 0 rings (SSSR count). The predicted octanol–water partition coefficient (Wildman–Crippen LogP) is 1.71. The summed E-state index contributed by atoms with van der Waals surface area (Å²) in [5.41, 5.74) is 4.07. The number of aliphatic hydroxyl groups excluding tert-OH is 4. The number of carbonyl (C=O) groups is 1. The Hall–Kier alpha value is -1.52. The molecule has 31 heavy (non-hydrogen) atoms. The number of rotatable bonds is 19. The maximum atomic E-state index is 11.1. The van der Waals surface area contributed by atoms with Crippen LogP contribution in [0, 0.1) is 0 Å². The van der Waals surface area contributed by atoms with E-state index >= 15 is 0 Å². The third kappa shape index (κ3) is 11.6. The largest absolute Gasteiger partial charge is 0.480 e. The molecule has 0 aliphatic carbocycles. The first-order chi connectivity index (χ1) is 14.7. The summed E-state index contributed by atoms with van der Waals surface area (Å²) >= 11 is 0. The minimum Gasteiger partial charge on any atom is -0.480 e.